The summed E-state index contributed by atoms with van der Waals surface area (Å²) >= 11 is 1.54. The summed E-state index contributed by atoms with van der Waals surface area (Å²) in [7, 11) is 2.12. The minimum atomic E-state index is -0.240. The quantitative estimate of drug-likeness (QED) is 0.597. The molecule has 2 N–H and O–H groups in total. The number of morpholine rings is 1. The number of thioether (sulfide) groups is 1. The number of nitrogens with one attached hydrogen (secondary N) is 2. The van der Waals surface area contributed by atoms with Crippen LogP contribution >= 0.6 is 11.8 Å². The van der Waals surface area contributed by atoms with Crippen molar-refractivity contribution in [3.63, 3.8) is 0 Å². The van der Waals surface area contributed by atoms with Gasteiger partial charge in [0.25, 0.3) is 11.8 Å². The Balaban J connectivity index is 1.51. The maximum atomic E-state index is 12.6. The summed E-state index contributed by atoms with van der Waals surface area (Å²) in [6, 6.07) is 5.54. The number of benzene rings is 1. The minimum absolute atomic E-state index is 0.0305. The third-order valence-corrected chi connectivity index (χ3v) is 6.58. The Bertz CT molecular complexity index is 709. The number of fused-ring (bicyclic) bond motifs is 1. The average molecular weight is 421 g/mol. The van der Waals surface area contributed by atoms with Crippen LogP contribution in [0.15, 0.2) is 23.1 Å². The topological polar surface area (TPSA) is 73.9 Å². The standard InChI is InChI=1S/C21H32N4O3S/c1-3-4-9-24(2)10-5-8-22-19(26)16-6-7-18-17(15-16)23-20(27)21(29-18)25-11-13-28-14-12-25/h6-7,15,21H,3-5,8-14H2,1-2H3,(H,22,26)(H,23,27)/t21-/m1/s1. The monoisotopic (exact) mass is 420 g/mol. The zero-order valence-corrected chi connectivity index (χ0v) is 18.2. The lowest BCUT2D eigenvalue weighted by Gasteiger charge is -2.35. The molecule has 8 heteroatoms. The van der Waals surface area contributed by atoms with E-state index in [9.17, 15) is 9.59 Å². The first kappa shape index (κ1) is 22.1. The van der Waals surface area contributed by atoms with Crippen LogP contribution in [0.25, 0.3) is 0 Å². The van der Waals surface area contributed by atoms with Gasteiger partial charge in [-0.05, 0) is 51.2 Å². The van der Waals surface area contributed by atoms with Gasteiger partial charge in [0.15, 0.2) is 0 Å². The molecule has 1 atom stereocenters. The number of hydrogen-bond donors (Lipinski definition) is 2. The highest BCUT2D eigenvalue weighted by molar-refractivity contribution is 8.00. The molecular formula is C21H32N4O3S. The Hall–Kier alpha value is -1.61. The van der Waals surface area contributed by atoms with Gasteiger partial charge in [-0.15, -0.1) is 0 Å². The van der Waals surface area contributed by atoms with E-state index >= 15 is 0 Å². The van der Waals surface area contributed by atoms with Gasteiger partial charge in [0.2, 0.25) is 0 Å². The van der Waals surface area contributed by atoms with E-state index in [0.717, 1.165) is 43.2 Å². The van der Waals surface area contributed by atoms with Crippen molar-refractivity contribution in [3.05, 3.63) is 23.8 Å². The molecule has 29 heavy (non-hydrogen) atoms. The van der Waals surface area contributed by atoms with Crippen molar-refractivity contribution in [2.45, 2.75) is 36.5 Å². The fourth-order valence-corrected chi connectivity index (χ4v) is 4.63. The second-order valence-corrected chi connectivity index (χ2v) is 8.71. The number of nitrogens with zero attached hydrogens (tertiary/aromatic N) is 2. The molecule has 1 aromatic rings. The molecule has 2 aliphatic rings. The maximum absolute atomic E-state index is 12.6. The van der Waals surface area contributed by atoms with Crippen molar-refractivity contribution in [1.29, 1.82) is 0 Å². The van der Waals surface area contributed by atoms with E-state index in [0.29, 0.717) is 25.3 Å². The molecule has 2 aliphatic heterocycles. The normalized spacial score (nSPS) is 19.7. The smallest absolute Gasteiger partial charge is 0.252 e. The minimum Gasteiger partial charge on any atom is -0.379 e. The molecule has 1 fully saturated rings. The Labute approximate surface area is 177 Å². The van der Waals surface area contributed by atoms with Crippen molar-refractivity contribution in [1.82, 2.24) is 15.1 Å². The molecule has 160 valence electrons. The highest BCUT2D eigenvalue weighted by atomic mass is 32.2. The molecule has 0 spiro atoms. The van der Waals surface area contributed by atoms with Crippen LogP contribution in [0.4, 0.5) is 5.69 Å². The number of unbranched alkanes of at least 4 members (excludes halogenated alkanes) is 1. The van der Waals surface area contributed by atoms with Crippen LogP contribution in [-0.4, -0.2) is 80.0 Å². The number of rotatable bonds is 9. The van der Waals surface area contributed by atoms with Gasteiger partial charge in [-0.25, -0.2) is 0 Å². The van der Waals surface area contributed by atoms with Gasteiger partial charge in [0.05, 0.1) is 18.9 Å². The lowest BCUT2D eigenvalue weighted by molar-refractivity contribution is -0.119. The Kier molecular flexibility index (Phi) is 8.35. The molecule has 0 aliphatic carbocycles. The first-order chi connectivity index (χ1) is 14.1. The van der Waals surface area contributed by atoms with Crippen LogP contribution < -0.4 is 10.6 Å². The van der Waals surface area contributed by atoms with Crippen molar-refractivity contribution < 1.29 is 14.3 Å². The van der Waals surface area contributed by atoms with Gasteiger partial charge < -0.3 is 20.3 Å². The third-order valence-electron chi connectivity index (χ3n) is 5.24. The Morgan fingerprint density at radius 2 is 2.07 bits per heavy atom. The summed E-state index contributed by atoms with van der Waals surface area (Å²) in [5.74, 6) is -0.129. The van der Waals surface area contributed by atoms with Gasteiger partial charge >= 0.3 is 0 Å². The Morgan fingerprint density at radius 1 is 1.31 bits per heavy atom. The largest absolute Gasteiger partial charge is 0.379 e. The third kappa shape index (κ3) is 6.18. The summed E-state index contributed by atoms with van der Waals surface area (Å²) in [6.45, 7) is 7.74. The maximum Gasteiger partial charge on any atom is 0.252 e. The Morgan fingerprint density at radius 3 is 2.83 bits per heavy atom. The van der Waals surface area contributed by atoms with Crippen LogP contribution in [0, 0.1) is 0 Å². The highest BCUT2D eigenvalue weighted by Crippen LogP contribution is 2.37. The lowest BCUT2D eigenvalue weighted by atomic mass is 10.1. The van der Waals surface area contributed by atoms with E-state index in [1.54, 1.807) is 17.8 Å². The summed E-state index contributed by atoms with van der Waals surface area (Å²) in [6.07, 6.45) is 3.32. The van der Waals surface area contributed by atoms with E-state index in [1.165, 1.54) is 12.8 Å². The van der Waals surface area contributed by atoms with E-state index in [-0.39, 0.29) is 17.2 Å². The van der Waals surface area contributed by atoms with E-state index in [4.69, 9.17) is 4.74 Å². The summed E-state index contributed by atoms with van der Waals surface area (Å²) in [5.41, 5.74) is 1.30. The number of amides is 2. The van der Waals surface area contributed by atoms with Crippen molar-refractivity contribution >= 4 is 29.3 Å². The molecule has 0 aromatic heterocycles. The van der Waals surface area contributed by atoms with Crippen LogP contribution in [-0.2, 0) is 9.53 Å². The number of ether oxygens (including phenoxy) is 1. The fraction of sp³-hybridized carbons (Fsp3) is 0.619. The van der Waals surface area contributed by atoms with Crippen LogP contribution in [0.5, 0.6) is 0 Å². The van der Waals surface area contributed by atoms with Crippen LogP contribution in [0.3, 0.4) is 0 Å². The predicted octanol–water partition coefficient (Wildman–Crippen LogP) is 2.24. The van der Waals surface area contributed by atoms with Gasteiger partial charge in [-0.1, -0.05) is 25.1 Å². The van der Waals surface area contributed by atoms with Gasteiger partial charge in [0, 0.05) is 30.1 Å². The van der Waals surface area contributed by atoms with E-state index < -0.39 is 0 Å². The summed E-state index contributed by atoms with van der Waals surface area (Å²) in [5, 5.41) is 5.72. The highest BCUT2D eigenvalue weighted by Gasteiger charge is 2.33. The van der Waals surface area contributed by atoms with Gasteiger partial charge in [-0.2, -0.15) is 0 Å². The molecule has 0 bridgehead atoms. The first-order valence-electron chi connectivity index (χ1n) is 10.5. The second kappa shape index (κ2) is 11.0. The molecule has 7 nitrogen and oxygen atoms in total. The summed E-state index contributed by atoms with van der Waals surface area (Å²) in [4.78, 5) is 30.5. The van der Waals surface area contributed by atoms with Crippen LogP contribution in [0.1, 0.15) is 36.5 Å². The van der Waals surface area contributed by atoms with Crippen molar-refractivity contribution in [2.24, 2.45) is 0 Å². The SMILES string of the molecule is CCCCN(C)CCCNC(=O)c1ccc2c(c1)NC(=O)[C@H](N1CCOCC1)S2. The zero-order valence-electron chi connectivity index (χ0n) is 17.4. The molecule has 0 radical (unpaired) electrons. The predicted molar refractivity (Wildman–Crippen MR) is 116 cm³/mol. The number of hydrogen-bond acceptors (Lipinski definition) is 6. The zero-order chi connectivity index (χ0) is 20.6. The summed E-state index contributed by atoms with van der Waals surface area (Å²) < 4.78 is 5.38. The molecule has 2 amide bonds. The molecule has 1 saturated heterocycles. The molecular weight excluding hydrogens is 388 g/mol. The molecule has 3 rings (SSSR count). The van der Waals surface area contributed by atoms with E-state index in [2.05, 4.69) is 34.4 Å². The average Bonchev–Trinajstić information content (AvgIpc) is 2.74. The number of carbonyl (C=O) groups is 2. The molecule has 1 aromatic carbocycles. The molecule has 0 unspecified atom stereocenters. The van der Waals surface area contributed by atoms with Crippen molar-refractivity contribution in [2.75, 3.05) is 58.3 Å². The molecule has 0 saturated carbocycles. The van der Waals surface area contributed by atoms with E-state index in [1.807, 2.05) is 12.1 Å². The fourth-order valence-electron chi connectivity index (χ4n) is 3.49. The first-order valence-corrected chi connectivity index (χ1v) is 11.4. The lowest BCUT2D eigenvalue weighted by Crippen LogP contribution is -2.48. The number of carbonyl (C=O) groups excluding carboxylic acids is 2. The second-order valence-electron chi connectivity index (χ2n) is 7.59. The van der Waals surface area contributed by atoms with Crippen molar-refractivity contribution in [3.8, 4) is 0 Å². The van der Waals surface area contributed by atoms with Gasteiger partial charge in [-0.3, -0.25) is 14.5 Å². The van der Waals surface area contributed by atoms with Gasteiger partial charge in [0.1, 0.15) is 5.37 Å². The molecule has 2 heterocycles. The number of anilines is 1. The van der Waals surface area contributed by atoms with Crippen LogP contribution in [0.2, 0.25) is 0 Å².